The summed E-state index contributed by atoms with van der Waals surface area (Å²) in [5.74, 6) is 0.259. The zero-order chi connectivity index (χ0) is 12.7. The average molecular weight is 242 g/mol. The summed E-state index contributed by atoms with van der Waals surface area (Å²) in [6.07, 6.45) is 3.82. The second-order valence-corrected chi connectivity index (χ2v) is 4.68. The number of nitrogens with zero attached hydrogens (tertiary/aromatic N) is 2. The molecule has 1 saturated heterocycles. The maximum atomic E-state index is 11.8. The van der Waals surface area contributed by atoms with Crippen LogP contribution >= 0.6 is 0 Å². The van der Waals surface area contributed by atoms with E-state index in [1.165, 1.54) is 6.42 Å². The fourth-order valence-corrected chi connectivity index (χ4v) is 2.56. The molecule has 0 aromatic rings. The molecule has 1 atom stereocenters. The summed E-state index contributed by atoms with van der Waals surface area (Å²) in [5.41, 5.74) is 0. The molecule has 1 aliphatic heterocycles. The fraction of sp³-hybridized carbons (Fsp3) is 0.923. The lowest BCUT2D eigenvalue weighted by molar-refractivity contribution is -0.131. The molecule has 1 N–H and O–H groups in total. The minimum Gasteiger partial charge on any atom is -0.395 e. The number of likely N-dealkylation sites (tertiary alicyclic amines) is 1. The van der Waals surface area contributed by atoms with Crippen LogP contribution in [-0.2, 0) is 4.79 Å². The van der Waals surface area contributed by atoms with Crippen LogP contribution in [0.4, 0.5) is 0 Å². The smallest absolute Gasteiger partial charge is 0.222 e. The molecule has 1 fully saturated rings. The standard InChI is InChI=1S/C13H26N2O2/c1-3-14(4-2)13(17)8-6-10-15-9-5-7-12(15)11-16/h12,16H,3-11H2,1-2H3. The molecule has 1 rings (SSSR count). The summed E-state index contributed by atoms with van der Waals surface area (Å²) in [6.45, 7) is 7.91. The number of hydrogen-bond acceptors (Lipinski definition) is 3. The summed E-state index contributed by atoms with van der Waals surface area (Å²) in [6, 6.07) is 0.332. The lowest BCUT2D eigenvalue weighted by Crippen LogP contribution is -2.34. The third-order valence-corrected chi connectivity index (χ3v) is 3.66. The van der Waals surface area contributed by atoms with Gasteiger partial charge in [-0.15, -0.1) is 0 Å². The highest BCUT2D eigenvalue weighted by molar-refractivity contribution is 5.76. The second kappa shape index (κ2) is 7.67. The first-order valence-electron chi connectivity index (χ1n) is 6.85. The van der Waals surface area contributed by atoms with E-state index in [0.717, 1.165) is 39.0 Å². The topological polar surface area (TPSA) is 43.8 Å². The summed E-state index contributed by atoms with van der Waals surface area (Å²) in [4.78, 5) is 16.0. The minimum atomic E-state index is 0.254. The Morgan fingerprint density at radius 2 is 2.12 bits per heavy atom. The first kappa shape index (κ1) is 14.5. The van der Waals surface area contributed by atoms with Crippen LogP contribution in [0.3, 0.4) is 0 Å². The lowest BCUT2D eigenvalue weighted by Gasteiger charge is -2.23. The van der Waals surface area contributed by atoms with Crippen LogP contribution in [0.1, 0.15) is 39.5 Å². The van der Waals surface area contributed by atoms with Gasteiger partial charge in [0, 0.05) is 25.6 Å². The van der Waals surface area contributed by atoms with Gasteiger partial charge in [0.2, 0.25) is 5.91 Å². The lowest BCUT2D eigenvalue weighted by atomic mass is 10.2. The third kappa shape index (κ3) is 4.28. The Balaban J connectivity index is 2.20. The van der Waals surface area contributed by atoms with Gasteiger partial charge in [-0.3, -0.25) is 9.69 Å². The molecule has 1 aliphatic rings. The number of hydrogen-bond donors (Lipinski definition) is 1. The highest BCUT2D eigenvalue weighted by Crippen LogP contribution is 2.17. The van der Waals surface area contributed by atoms with Crippen molar-refractivity contribution in [1.29, 1.82) is 0 Å². The van der Waals surface area contributed by atoms with Gasteiger partial charge >= 0.3 is 0 Å². The largest absolute Gasteiger partial charge is 0.395 e. The normalized spacial score (nSPS) is 20.8. The van der Waals surface area contributed by atoms with Crippen LogP contribution < -0.4 is 0 Å². The number of carbonyl (C=O) groups is 1. The first-order valence-corrected chi connectivity index (χ1v) is 6.85. The molecule has 4 heteroatoms. The van der Waals surface area contributed by atoms with Crippen molar-refractivity contribution in [2.24, 2.45) is 0 Å². The molecule has 1 heterocycles. The van der Waals surface area contributed by atoms with Crippen LogP contribution in [0.25, 0.3) is 0 Å². The van der Waals surface area contributed by atoms with Gasteiger partial charge < -0.3 is 10.0 Å². The molecular formula is C13H26N2O2. The molecule has 0 aromatic heterocycles. The van der Waals surface area contributed by atoms with E-state index >= 15 is 0 Å². The number of amides is 1. The summed E-state index contributed by atoms with van der Waals surface area (Å²) >= 11 is 0. The second-order valence-electron chi connectivity index (χ2n) is 4.68. The summed E-state index contributed by atoms with van der Waals surface area (Å²) in [7, 11) is 0. The third-order valence-electron chi connectivity index (χ3n) is 3.66. The van der Waals surface area contributed by atoms with Crippen molar-refractivity contribution >= 4 is 5.91 Å². The molecule has 1 unspecified atom stereocenters. The van der Waals surface area contributed by atoms with E-state index in [9.17, 15) is 9.90 Å². The van der Waals surface area contributed by atoms with Crippen molar-refractivity contribution in [3.63, 3.8) is 0 Å². The summed E-state index contributed by atoms with van der Waals surface area (Å²) < 4.78 is 0. The molecule has 4 nitrogen and oxygen atoms in total. The number of rotatable bonds is 7. The van der Waals surface area contributed by atoms with Gasteiger partial charge in [-0.2, -0.15) is 0 Å². The molecule has 17 heavy (non-hydrogen) atoms. The molecular weight excluding hydrogens is 216 g/mol. The Morgan fingerprint density at radius 1 is 1.41 bits per heavy atom. The van der Waals surface area contributed by atoms with Gasteiger partial charge in [-0.25, -0.2) is 0 Å². The zero-order valence-electron chi connectivity index (χ0n) is 11.2. The van der Waals surface area contributed by atoms with Crippen molar-refractivity contribution in [3.8, 4) is 0 Å². The zero-order valence-corrected chi connectivity index (χ0v) is 11.2. The molecule has 0 aliphatic carbocycles. The number of aliphatic hydroxyl groups excluding tert-OH is 1. The van der Waals surface area contributed by atoms with E-state index in [2.05, 4.69) is 4.90 Å². The van der Waals surface area contributed by atoms with Crippen molar-refractivity contribution in [2.45, 2.75) is 45.6 Å². The Labute approximate surface area is 105 Å². The molecule has 100 valence electrons. The van der Waals surface area contributed by atoms with Crippen molar-refractivity contribution in [2.75, 3.05) is 32.8 Å². The Hall–Kier alpha value is -0.610. The highest BCUT2D eigenvalue weighted by Gasteiger charge is 2.23. The van der Waals surface area contributed by atoms with E-state index in [0.29, 0.717) is 12.5 Å². The van der Waals surface area contributed by atoms with Crippen LogP contribution in [0.2, 0.25) is 0 Å². The first-order chi connectivity index (χ1) is 8.22. The fourth-order valence-electron chi connectivity index (χ4n) is 2.56. The van der Waals surface area contributed by atoms with E-state index in [4.69, 9.17) is 0 Å². The minimum absolute atomic E-state index is 0.254. The predicted molar refractivity (Wildman–Crippen MR) is 68.8 cm³/mol. The van der Waals surface area contributed by atoms with Crippen LogP contribution in [0.15, 0.2) is 0 Å². The van der Waals surface area contributed by atoms with Gasteiger partial charge in [0.1, 0.15) is 0 Å². The van der Waals surface area contributed by atoms with Gasteiger partial charge in [-0.05, 0) is 46.2 Å². The van der Waals surface area contributed by atoms with Gasteiger partial charge in [0.05, 0.1) is 6.61 Å². The molecule has 0 spiro atoms. The van der Waals surface area contributed by atoms with Crippen molar-refractivity contribution in [1.82, 2.24) is 9.80 Å². The Morgan fingerprint density at radius 3 is 2.71 bits per heavy atom. The molecule has 1 amide bonds. The predicted octanol–water partition coefficient (Wildman–Crippen LogP) is 1.09. The van der Waals surface area contributed by atoms with Gasteiger partial charge in [0.25, 0.3) is 0 Å². The van der Waals surface area contributed by atoms with E-state index in [1.54, 1.807) is 0 Å². The monoisotopic (exact) mass is 242 g/mol. The van der Waals surface area contributed by atoms with Crippen LogP contribution in [-0.4, -0.2) is 59.6 Å². The summed E-state index contributed by atoms with van der Waals surface area (Å²) in [5, 5.41) is 9.19. The quantitative estimate of drug-likeness (QED) is 0.727. The highest BCUT2D eigenvalue weighted by atomic mass is 16.3. The maximum Gasteiger partial charge on any atom is 0.222 e. The molecule has 0 bridgehead atoms. The maximum absolute atomic E-state index is 11.8. The molecule has 0 aromatic carbocycles. The number of aliphatic hydroxyl groups is 1. The average Bonchev–Trinajstić information content (AvgIpc) is 2.78. The number of carbonyl (C=O) groups excluding carboxylic acids is 1. The van der Waals surface area contributed by atoms with E-state index in [-0.39, 0.29) is 12.5 Å². The van der Waals surface area contributed by atoms with Gasteiger partial charge in [-0.1, -0.05) is 0 Å². The van der Waals surface area contributed by atoms with Gasteiger partial charge in [0.15, 0.2) is 0 Å². The SMILES string of the molecule is CCN(CC)C(=O)CCCN1CCCC1CO. The van der Waals surface area contributed by atoms with E-state index < -0.39 is 0 Å². The van der Waals surface area contributed by atoms with Crippen LogP contribution in [0, 0.1) is 0 Å². The van der Waals surface area contributed by atoms with E-state index in [1.807, 2.05) is 18.7 Å². The molecule has 0 saturated carbocycles. The van der Waals surface area contributed by atoms with Crippen molar-refractivity contribution < 1.29 is 9.90 Å². The Bertz CT molecular complexity index is 229. The van der Waals surface area contributed by atoms with Crippen molar-refractivity contribution in [3.05, 3.63) is 0 Å². The molecule has 0 radical (unpaired) electrons. The Kier molecular flexibility index (Phi) is 6.52. The van der Waals surface area contributed by atoms with Crippen LogP contribution in [0.5, 0.6) is 0 Å².